The average molecular weight is 568 g/mol. The summed E-state index contributed by atoms with van der Waals surface area (Å²) < 4.78 is 56.0. The molecule has 4 heterocycles. The number of fused-ring (bicyclic) bond motifs is 1. The maximum absolute atomic E-state index is 15.8. The zero-order valence-corrected chi connectivity index (χ0v) is 23.2. The molecule has 5 aromatic rings. The molecule has 0 N–H and O–H groups in total. The standard InChI is InChI=1S/C25H26FN9O4S/c1-32(2)40(36,37)35-9-8-27-23(35)15-34(20-10-17(38-4)11-21(39-5)24(20)26)22-7-6-18-25(31-22)30-19(13-28-18)16-12-29-33(3)14-16/h6-14H,15H2,1-5H3. The number of aromatic nitrogens is 7. The first-order valence-corrected chi connectivity index (χ1v) is 13.3. The van der Waals surface area contributed by atoms with Crippen molar-refractivity contribution in [2.75, 3.05) is 33.2 Å². The number of rotatable bonds is 9. The van der Waals surface area contributed by atoms with Crippen LogP contribution in [0.25, 0.3) is 22.4 Å². The van der Waals surface area contributed by atoms with Crippen molar-refractivity contribution >= 4 is 32.9 Å². The second-order valence-electron chi connectivity index (χ2n) is 8.85. The van der Waals surface area contributed by atoms with Crippen molar-refractivity contribution < 1.29 is 22.3 Å². The van der Waals surface area contributed by atoms with Crippen molar-refractivity contribution in [3.8, 4) is 22.8 Å². The van der Waals surface area contributed by atoms with E-state index in [9.17, 15) is 8.42 Å². The molecule has 0 saturated heterocycles. The molecule has 0 aliphatic heterocycles. The zero-order valence-electron chi connectivity index (χ0n) is 22.3. The van der Waals surface area contributed by atoms with Gasteiger partial charge in [-0.2, -0.15) is 17.8 Å². The van der Waals surface area contributed by atoms with E-state index in [1.807, 2.05) is 0 Å². The predicted molar refractivity (Wildman–Crippen MR) is 145 cm³/mol. The summed E-state index contributed by atoms with van der Waals surface area (Å²) in [5.41, 5.74) is 2.13. The minimum absolute atomic E-state index is 0.0243. The van der Waals surface area contributed by atoms with Gasteiger partial charge < -0.3 is 14.4 Å². The van der Waals surface area contributed by atoms with Crippen LogP contribution in [0.5, 0.6) is 11.5 Å². The van der Waals surface area contributed by atoms with Crippen LogP contribution in [0.2, 0.25) is 0 Å². The van der Waals surface area contributed by atoms with Crippen molar-refractivity contribution in [3.63, 3.8) is 0 Å². The normalized spacial score (nSPS) is 11.8. The highest BCUT2D eigenvalue weighted by Crippen LogP contribution is 2.37. The van der Waals surface area contributed by atoms with Gasteiger partial charge in [0.25, 0.3) is 0 Å². The lowest BCUT2D eigenvalue weighted by atomic mass is 10.2. The molecule has 208 valence electrons. The summed E-state index contributed by atoms with van der Waals surface area (Å²) in [6.07, 6.45) is 7.76. The van der Waals surface area contributed by atoms with Gasteiger partial charge in [-0.05, 0) is 12.1 Å². The number of hydrogen-bond donors (Lipinski definition) is 0. The topological polar surface area (TPSA) is 133 Å². The summed E-state index contributed by atoms with van der Waals surface area (Å²) in [4.78, 5) is 19.5. The number of pyridine rings is 1. The van der Waals surface area contributed by atoms with E-state index in [4.69, 9.17) is 9.47 Å². The molecule has 4 aromatic heterocycles. The van der Waals surface area contributed by atoms with E-state index in [0.29, 0.717) is 22.6 Å². The second kappa shape index (κ2) is 10.5. The predicted octanol–water partition coefficient (Wildman–Crippen LogP) is 2.77. The Hall–Kier alpha value is -4.63. The van der Waals surface area contributed by atoms with Crippen LogP contribution in [-0.4, -0.2) is 74.7 Å². The lowest BCUT2D eigenvalue weighted by Crippen LogP contribution is -2.31. The quantitative estimate of drug-likeness (QED) is 0.262. The van der Waals surface area contributed by atoms with Crippen molar-refractivity contribution in [2.24, 2.45) is 7.05 Å². The lowest BCUT2D eigenvalue weighted by molar-refractivity contribution is 0.374. The summed E-state index contributed by atoms with van der Waals surface area (Å²) in [6.45, 7) is -0.179. The van der Waals surface area contributed by atoms with E-state index in [1.54, 1.807) is 42.5 Å². The molecular formula is C25H26FN9O4S. The van der Waals surface area contributed by atoms with Crippen LogP contribution in [0.3, 0.4) is 0 Å². The minimum atomic E-state index is -3.91. The highest BCUT2D eigenvalue weighted by Gasteiger charge is 2.26. The molecule has 1 aromatic carbocycles. The van der Waals surface area contributed by atoms with E-state index >= 15 is 4.39 Å². The summed E-state index contributed by atoms with van der Waals surface area (Å²) in [5, 5.41) is 4.18. The third kappa shape index (κ3) is 4.91. The van der Waals surface area contributed by atoms with Gasteiger partial charge in [-0.3, -0.25) is 9.67 Å². The van der Waals surface area contributed by atoms with E-state index in [0.717, 1.165) is 13.8 Å². The third-order valence-electron chi connectivity index (χ3n) is 6.10. The molecule has 5 rings (SSSR count). The molecule has 13 nitrogen and oxygen atoms in total. The third-order valence-corrected chi connectivity index (χ3v) is 7.85. The molecular weight excluding hydrogens is 541 g/mol. The first kappa shape index (κ1) is 27.0. The molecule has 0 amide bonds. The Morgan fingerprint density at radius 3 is 2.52 bits per heavy atom. The Bertz CT molecular complexity index is 1800. The maximum Gasteiger partial charge on any atom is 0.308 e. The van der Waals surface area contributed by atoms with Crippen LogP contribution in [0.1, 0.15) is 5.82 Å². The van der Waals surface area contributed by atoms with Crippen LogP contribution in [0, 0.1) is 5.82 Å². The molecule has 15 heteroatoms. The fraction of sp³-hybridized carbons (Fsp3) is 0.240. The van der Waals surface area contributed by atoms with Gasteiger partial charge in [-0.25, -0.2) is 23.3 Å². The Kier molecular flexibility index (Phi) is 7.08. The molecule has 0 fully saturated rings. The fourth-order valence-corrected chi connectivity index (χ4v) is 4.93. The number of aryl methyl sites for hydroxylation is 1. The van der Waals surface area contributed by atoms with Crippen molar-refractivity contribution in [2.45, 2.75) is 6.54 Å². The number of halogens is 1. The minimum Gasteiger partial charge on any atom is -0.497 e. The fourth-order valence-electron chi connectivity index (χ4n) is 4.00. The molecule has 0 aliphatic carbocycles. The number of ether oxygens (including phenoxy) is 2. The van der Waals surface area contributed by atoms with Gasteiger partial charge in [0.05, 0.1) is 44.5 Å². The van der Waals surface area contributed by atoms with Gasteiger partial charge >= 0.3 is 10.2 Å². The summed E-state index contributed by atoms with van der Waals surface area (Å²) in [7, 11) is 3.49. The van der Waals surface area contributed by atoms with Crippen LogP contribution >= 0.6 is 0 Å². The lowest BCUT2D eigenvalue weighted by Gasteiger charge is -2.26. The van der Waals surface area contributed by atoms with Crippen LogP contribution in [-0.2, 0) is 23.8 Å². The Balaban J connectivity index is 1.69. The molecule has 40 heavy (non-hydrogen) atoms. The number of anilines is 2. The van der Waals surface area contributed by atoms with E-state index in [-0.39, 0.29) is 29.6 Å². The molecule has 0 saturated carbocycles. The smallest absolute Gasteiger partial charge is 0.308 e. The Morgan fingerprint density at radius 1 is 1.05 bits per heavy atom. The van der Waals surface area contributed by atoms with Crippen molar-refractivity contribution in [3.05, 3.63) is 66.9 Å². The molecule has 0 spiro atoms. The van der Waals surface area contributed by atoms with Gasteiger partial charge in [0.15, 0.2) is 17.2 Å². The molecule has 0 radical (unpaired) electrons. The first-order valence-electron chi connectivity index (χ1n) is 11.9. The zero-order chi connectivity index (χ0) is 28.6. The summed E-state index contributed by atoms with van der Waals surface area (Å²) in [5.74, 6) is -0.0675. The maximum atomic E-state index is 15.8. The van der Waals surface area contributed by atoms with Gasteiger partial charge in [0.1, 0.15) is 22.9 Å². The molecule has 0 bridgehead atoms. The van der Waals surface area contributed by atoms with Crippen LogP contribution in [0.4, 0.5) is 15.9 Å². The summed E-state index contributed by atoms with van der Waals surface area (Å²) >= 11 is 0. The highest BCUT2D eigenvalue weighted by atomic mass is 32.2. The number of benzene rings is 1. The molecule has 0 unspecified atom stereocenters. The van der Waals surface area contributed by atoms with Gasteiger partial charge in [0, 0.05) is 57.4 Å². The van der Waals surface area contributed by atoms with Crippen LogP contribution < -0.4 is 14.4 Å². The number of hydrogen-bond acceptors (Lipinski definition) is 10. The summed E-state index contributed by atoms with van der Waals surface area (Å²) in [6, 6.07) is 6.21. The van der Waals surface area contributed by atoms with Crippen molar-refractivity contribution in [1.82, 2.24) is 38.0 Å². The van der Waals surface area contributed by atoms with Crippen LogP contribution in [0.15, 0.2) is 55.2 Å². The van der Waals surface area contributed by atoms with E-state index < -0.39 is 16.0 Å². The number of nitrogens with zero attached hydrogens (tertiary/aromatic N) is 9. The highest BCUT2D eigenvalue weighted by molar-refractivity contribution is 7.87. The Morgan fingerprint density at radius 2 is 1.85 bits per heavy atom. The van der Waals surface area contributed by atoms with Gasteiger partial charge in [-0.1, -0.05) is 0 Å². The van der Waals surface area contributed by atoms with E-state index in [2.05, 4.69) is 25.0 Å². The number of imidazole rings is 1. The molecule has 0 aliphatic rings. The average Bonchev–Trinajstić information content (AvgIpc) is 3.60. The Labute approximate surface area is 229 Å². The van der Waals surface area contributed by atoms with E-state index in [1.165, 1.54) is 57.7 Å². The second-order valence-corrected chi connectivity index (χ2v) is 10.9. The first-order chi connectivity index (χ1) is 19.1. The van der Waals surface area contributed by atoms with Gasteiger partial charge in [0.2, 0.25) is 0 Å². The number of methoxy groups -OCH3 is 2. The SMILES string of the molecule is COc1cc(OC)c(F)c(N(Cc2nccn2S(=O)(=O)N(C)C)c2ccc3ncc(-c4cnn(C)c4)nc3n2)c1. The van der Waals surface area contributed by atoms with Gasteiger partial charge in [-0.15, -0.1) is 0 Å². The largest absolute Gasteiger partial charge is 0.497 e. The monoisotopic (exact) mass is 567 g/mol. The molecule has 0 atom stereocenters. The van der Waals surface area contributed by atoms with Crippen molar-refractivity contribution in [1.29, 1.82) is 0 Å².